The molecule has 0 spiro atoms. The standard InChI is InChI=1S/C15H24N2O3S/c1-5-6-13(3)16-15(18)11-17(4)21(19,20)14-9-7-12(2)8-10-14/h7-10,13H,5-6,11H2,1-4H3,(H,16,18). The van der Waals surface area contributed by atoms with Gasteiger partial charge in [0.1, 0.15) is 0 Å². The van der Waals surface area contributed by atoms with E-state index in [0.29, 0.717) is 0 Å². The molecule has 118 valence electrons. The predicted molar refractivity (Wildman–Crippen MR) is 83.5 cm³/mol. The lowest BCUT2D eigenvalue weighted by atomic mass is 10.2. The first kappa shape index (κ1) is 17.7. The van der Waals surface area contributed by atoms with E-state index in [-0.39, 0.29) is 23.4 Å². The molecule has 0 heterocycles. The minimum absolute atomic E-state index is 0.0537. The van der Waals surface area contributed by atoms with Gasteiger partial charge in [0.05, 0.1) is 11.4 Å². The van der Waals surface area contributed by atoms with E-state index in [1.165, 1.54) is 7.05 Å². The lowest BCUT2D eigenvalue weighted by Gasteiger charge is -2.19. The molecular weight excluding hydrogens is 288 g/mol. The summed E-state index contributed by atoms with van der Waals surface area (Å²) in [6.45, 7) is 5.67. The van der Waals surface area contributed by atoms with Gasteiger partial charge in [-0.2, -0.15) is 4.31 Å². The van der Waals surface area contributed by atoms with Gasteiger partial charge in [-0.1, -0.05) is 31.0 Å². The smallest absolute Gasteiger partial charge is 0.243 e. The molecule has 0 aliphatic carbocycles. The number of amides is 1. The number of nitrogens with one attached hydrogen (secondary N) is 1. The zero-order valence-corrected chi connectivity index (χ0v) is 13.9. The van der Waals surface area contributed by atoms with E-state index < -0.39 is 10.0 Å². The molecule has 0 saturated carbocycles. The minimum atomic E-state index is -3.63. The van der Waals surface area contributed by atoms with E-state index >= 15 is 0 Å². The highest BCUT2D eigenvalue weighted by molar-refractivity contribution is 7.89. The van der Waals surface area contributed by atoms with Crippen LogP contribution in [0.1, 0.15) is 32.3 Å². The number of rotatable bonds is 7. The van der Waals surface area contributed by atoms with Crippen LogP contribution in [0.2, 0.25) is 0 Å². The van der Waals surface area contributed by atoms with E-state index in [1.807, 2.05) is 20.8 Å². The average Bonchev–Trinajstić information content (AvgIpc) is 2.39. The van der Waals surface area contributed by atoms with Crippen molar-refractivity contribution in [1.29, 1.82) is 0 Å². The maximum absolute atomic E-state index is 12.3. The van der Waals surface area contributed by atoms with Gasteiger partial charge in [-0.15, -0.1) is 0 Å². The van der Waals surface area contributed by atoms with Crippen molar-refractivity contribution in [2.24, 2.45) is 0 Å². The molecule has 1 aromatic carbocycles. The third kappa shape index (κ3) is 5.13. The Kier molecular flexibility index (Phi) is 6.36. The van der Waals surface area contributed by atoms with Gasteiger partial charge in [-0.3, -0.25) is 4.79 Å². The van der Waals surface area contributed by atoms with Gasteiger partial charge in [0.15, 0.2) is 0 Å². The molecule has 0 aliphatic rings. The van der Waals surface area contributed by atoms with E-state index in [4.69, 9.17) is 0 Å². The van der Waals surface area contributed by atoms with Crippen LogP contribution in [-0.2, 0) is 14.8 Å². The minimum Gasteiger partial charge on any atom is -0.353 e. The van der Waals surface area contributed by atoms with Crippen LogP contribution in [0.25, 0.3) is 0 Å². The molecular formula is C15H24N2O3S. The van der Waals surface area contributed by atoms with Crippen LogP contribution in [-0.4, -0.2) is 38.3 Å². The Bertz CT molecular complexity index is 567. The number of likely N-dealkylation sites (N-methyl/N-ethyl adjacent to an activating group) is 1. The average molecular weight is 312 g/mol. The normalized spacial score (nSPS) is 13.2. The predicted octanol–water partition coefficient (Wildman–Crippen LogP) is 1.92. The fourth-order valence-electron chi connectivity index (χ4n) is 2.00. The van der Waals surface area contributed by atoms with Gasteiger partial charge in [0, 0.05) is 13.1 Å². The van der Waals surface area contributed by atoms with Crippen LogP contribution < -0.4 is 5.32 Å². The SMILES string of the molecule is CCCC(C)NC(=O)CN(C)S(=O)(=O)c1ccc(C)cc1. The van der Waals surface area contributed by atoms with Gasteiger partial charge in [-0.25, -0.2) is 8.42 Å². The molecule has 1 N–H and O–H groups in total. The van der Waals surface area contributed by atoms with Crippen molar-refractivity contribution in [2.45, 2.75) is 44.6 Å². The number of benzene rings is 1. The summed E-state index contributed by atoms with van der Waals surface area (Å²) < 4.78 is 25.7. The molecule has 1 amide bonds. The second-order valence-corrected chi connectivity index (χ2v) is 7.38. The number of carbonyl (C=O) groups is 1. The first-order chi connectivity index (χ1) is 9.77. The molecule has 5 nitrogen and oxygen atoms in total. The molecule has 1 rings (SSSR count). The summed E-state index contributed by atoms with van der Waals surface area (Å²) in [5.74, 6) is -0.283. The lowest BCUT2D eigenvalue weighted by Crippen LogP contribution is -2.41. The van der Waals surface area contributed by atoms with Crippen LogP contribution in [0.4, 0.5) is 0 Å². The van der Waals surface area contributed by atoms with Gasteiger partial charge in [0.25, 0.3) is 0 Å². The first-order valence-electron chi connectivity index (χ1n) is 7.09. The summed E-state index contributed by atoms with van der Waals surface area (Å²) in [7, 11) is -2.21. The monoisotopic (exact) mass is 312 g/mol. The summed E-state index contributed by atoms with van der Waals surface area (Å²) in [5, 5.41) is 2.80. The van der Waals surface area contributed by atoms with Crippen molar-refractivity contribution in [3.63, 3.8) is 0 Å². The summed E-state index contributed by atoms with van der Waals surface area (Å²) >= 11 is 0. The van der Waals surface area contributed by atoms with Crippen LogP contribution in [0, 0.1) is 6.92 Å². The van der Waals surface area contributed by atoms with Crippen molar-refractivity contribution >= 4 is 15.9 Å². The first-order valence-corrected chi connectivity index (χ1v) is 8.53. The molecule has 6 heteroatoms. The Morgan fingerprint density at radius 2 is 1.86 bits per heavy atom. The number of nitrogens with zero attached hydrogens (tertiary/aromatic N) is 1. The second-order valence-electron chi connectivity index (χ2n) is 5.33. The summed E-state index contributed by atoms with van der Waals surface area (Å²) in [6.07, 6.45) is 1.85. The molecule has 0 aromatic heterocycles. The Morgan fingerprint density at radius 3 is 2.38 bits per heavy atom. The zero-order valence-electron chi connectivity index (χ0n) is 13.1. The van der Waals surface area contributed by atoms with E-state index in [9.17, 15) is 13.2 Å². The number of hydrogen-bond acceptors (Lipinski definition) is 3. The summed E-state index contributed by atoms with van der Waals surface area (Å²) in [4.78, 5) is 12.1. The van der Waals surface area contributed by atoms with E-state index in [0.717, 1.165) is 22.7 Å². The van der Waals surface area contributed by atoms with Crippen molar-refractivity contribution in [2.75, 3.05) is 13.6 Å². The van der Waals surface area contributed by atoms with Gasteiger partial charge < -0.3 is 5.32 Å². The Hall–Kier alpha value is -1.40. The highest BCUT2D eigenvalue weighted by Crippen LogP contribution is 2.14. The van der Waals surface area contributed by atoms with Crippen LogP contribution in [0.15, 0.2) is 29.2 Å². The molecule has 0 aliphatic heterocycles. The molecule has 0 saturated heterocycles. The largest absolute Gasteiger partial charge is 0.353 e. The van der Waals surface area contributed by atoms with Crippen molar-refractivity contribution in [3.8, 4) is 0 Å². The summed E-state index contributed by atoms with van der Waals surface area (Å²) in [6, 6.07) is 6.64. The quantitative estimate of drug-likeness (QED) is 0.836. The molecule has 1 unspecified atom stereocenters. The topological polar surface area (TPSA) is 66.5 Å². The fourth-order valence-corrected chi connectivity index (χ4v) is 3.13. The van der Waals surface area contributed by atoms with Gasteiger partial charge in [0.2, 0.25) is 15.9 Å². The lowest BCUT2D eigenvalue weighted by molar-refractivity contribution is -0.121. The third-order valence-corrected chi connectivity index (χ3v) is 5.04. The van der Waals surface area contributed by atoms with Crippen molar-refractivity contribution < 1.29 is 13.2 Å². The Labute approximate surface area is 127 Å². The molecule has 21 heavy (non-hydrogen) atoms. The van der Waals surface area contributed by atoms with Crippen LogP contribution in [0.5, 0.6) is 0 Å². The zero-order chi connectivity index (χ0) is 16.0. The van der Waals surface area contributed by atoms with Crippen molar-refractivity contribution in [1.82, 2.24) is 9.62 Å². The molecule has 1 aromatic rings. The van der Waals surface area contributed by atoms with E-state index in [2.05, 4.69) is 5.32 Å². The van der Waals surface area contributed by atoms with Gasteiger partial charge in [-0.05, 0) is 32.4 Å². The van der Waals surface area contributed by atoms with E-state index in [1.54, 1.807) is 24.3 Å². The fraction of sp³-hybridized carbons (Fsp3) is 0.533. The number of carbonyl (C=O) groups excluding carboxylic acids is 1. The number of hydrogen-bond donors (Lipinski definition) is 1. The second kappa shape index (κ2) is 7.56. The number of sulfonamides is 1. The molecule has 0 fully saturated rings. The third-order valence-electron chi connectivity index (χ3n) is 3.22. The maximum Gasteiger partial charge on any atom is 0.243 e. The summed E-state index contributed by atoms with van der Waals surface area (Å²) in [5.41, 5.74) is 0.989. The molecule has 0 bridgehead atoms. The maximum atomic E-state index is 12.3. The molecule has 1 atom stereocenters. The van der Waals surface area contributed by atoms with Crippen molar-refractivity contribution in [3.05, 3.63) is 29.8 Å². The highest BCUT2D eigenvalue weighted by atomic mass is 32.2. The molecule has 0 radical (unpaired) electrons. The number of aryl methyl sites for hydroxylation is 1. The highest BCUT2D eigenvalue weighted by Gasteiger charge is 2.23. The van der Waals surface area contributed by atoms with Gasteiger partial charge >= 0.3 is 0 Å². The van der Waals surface area contributed by atoms with Crippen LogP contribution in [0.3, 0.4) is 0 Å². The Morgan fingerprint density at radius 1 is 1.29 bits per heavy atom. The Balaban J connectivity index is 2.71. The van der Waals surface area contributed by atoms with Crippen LogP contribution >= 0.6 is 0 Å².